The van der Waals surface area contributed by atoms with Crippen LogP contribution in [0.5, 0.6) is 0 Å². The van der Waals surface area contributed by atoms with E-state index in [1.807, 2.05) is 0 Å². The van der Waals surface area contributed by atoms with Gasteiger partial charge in [0.1, 0.15) is 5.82 Å². The van der Waals surface area contributed by atoms with Crippen LogP contribution in [0.1, 0.15) is 31.2 Å². The summed E-state index contributed by atoms with van der Waals surface area (Å²) in [5.74, 6) is 0.0510. The molecule has 0 spiro atoms. The Bertz CT molecular complexity index is 505. The molecule has 114 valence electrons. The predicted molar refractivity (Wildman–Crippen MR) is 80.6 cm³/mol. The fourth-order valence-electron chi connectivity index (χ4n) is 2.81. The Morgan fingerprint density at radius 1 is 1.29 bits per heavy atom. The van der Waals surface area contributed by atoms with Gasteiger partial charge in [-0.2, -0.15) is 0 Å². The number of benzene rings is 1. The molecule has 1 aromatic rings. The second-order valence-corrected chi connectivity index (χ2v) is 6.44. The summed E-state index contributed by atoms with van der Waals surface area (Å²) in [6.45, 7) is 2.14. The van der Waals surface area contributed by atoms with E-state index in [0.717, 1.165) is 38.8 Å². The summed E-state index contributed by atoms with van der Waals surface area (Å²) in [6, 6.07) is 5.20. The Hall–Kier alpha value is -1.13. The Kier molecular flexibility index (Phi) is 4.45. The number of rotatable bonds is 4. The highest BCUT2D eigenvalue weighted by Gasteiger charge is 2.30. The lowest BCUT2D eigenvalue weighted by atomic mass is 9.95. The van der Waals surface area contributed by atoms with Gasteiger partial charge in [0.15, 0.2) is 0 Å². The SMILES string of the molecule is O=C(NC1CC1)C1CCN(Cc2c(F)cccc2Cl)CC1. The van der Waals surface area contributed by atoms with Crippen molar-refractivity contribution in [1.82, 2.24) is 10.2 Å². The molecule has 1 aliphatic carbocycles. The van der Waals surface area contributed by atoms with Gasteiger partial charge in [-0.15, -0.1) is 0 Å². The number of likely N-dealkylation sites (tertiary alicyclic amines) is 1. The monoisotopic (exact) mass is 310 g/mol. The van der Waals surface area contributed by atoms with Crippen molar-refractivity contribution in [3.8, 4) is 0 Å². The third-order valence-corrected chi connectivity index (χ3v) is 4.68. The van der Waals surface area contributed by atoms with Crippen LogP contribution in [-0.4, -0.2) is 29.9 Å². The molecular formula is C16H20ClFN2O. The first kappa shape index (κ1) is 14.8. The predicted octanol–water partition coefficient (Wildman–Crippen LogP) is 2.97. The summed E-state index contributed by atoms with van der Waals surface area (Å²) >= 11 is 6.06. The van der Waals surface area contributed by atoms with Crippen molar-refractivity contribution in [2.45, 2.75) is 38.3 Å². The molecule has 21 heavy (non-hydrogen) atoms. The Labute approximate surface area is 129 Å². The minimum absolute atomic E-state index is 0.109. The molecule has 1 saturated carbocycles. The lowest BCUT2D eigenvalue weighted by Crippen LogP contribution is -2.40. The minimum Gasteiger partial charge on any atom is -0.353 e. The van der Waals surface area contributed by atoms with E-state index in [2.05, 4.69) is 10.2 Å². The van der Waals surface area contributed by atoms with E-state index in [-0.39, 0.29) is 17.6 Å². The summed E-state index contributed by atoms with van der Waals surface area (Å²) in [6.07, 6.45) is 3.92. The molecule has 3 nitrogen and oxygen atoms in total. The highest BCUT2D eigenvalue weighted by atomic mass is 35.5. The Balaban J connectivity index is 1.52. The maximum Gasteiger partial charge on any atom is 0.223 e. The second-order valence-electron chi connectivity index (χ2n) is 6.03. The third kappa shape index (κ3) is 3.74. The number of nitrogens with zero attached hydrogens (tertiary/aromatic N) is 1. The molecule has 1 saturated heterocycles. The standard InChI is InChI=1S/C16H20ClFN2O/c17-14-2-1-3-15(18)13(14)10-20-8-6-11(7-9-20)16(21)19-12-4-5-12/h1-3,11-12H,4-10H2,(H,19,21). The van der Waals surface area contributed by atoms with Crippen molar-refractivity contribution < 1.29 is 9.18 Å². The van der Waals surface area contributed by atoms with E-state index in [1.165, 1.54) is 6.07 Å². The van der Waals surface area contributed by atoms with Crippen molar-refractivity contribution in [3.05, 3.63) is 34.6 Å². The van der Waals surface area contributed by atoms with Gasteiger partial charge in [0.2, 0.25) is 5.91 Å². The van der Waals surface area contributed by atoms with E-state index in [1.54, 1.807) is 12.1 Å². The summed E-state index contributed by atoms with van der Waals surface area (Å²) in [4.78, 5) is 14.2. The number of nitrogens with one attached hydrogen (secondary N) is 1. The Morgan fingerprint density at radius 3 is 2.62 bits per heavy atom. The average molecular weight is 311 g/mol. The van der Waals surface area contributed by atoms with Gasteiger partial charge in [-0.25, -0.2) is 4.39 Å². The van der Waals surface area contributed by atoms with Crippen LogP contribution in [0.2, 0.25) is 5.02 Å². The molecule has 2 fully saturated rings. The molecule has 3 rings (SSSR count). The minimum atomic E-state index is -0.254. The number of hydrogen-bond donors (Lipinski definition) is 1. The summed E-state index contributed by atoms with van der Waals surface area (Å²) in [7, 11) is 0. The van der Waals surface area contributed by atoms with E-state index < -0.39 is 0 Å². The molecule has 5 heteroatoms. The van der Waals surface area contributed by atoms with Crippen molar-refractivity contribution in [2.24, 2.45) is 5.92 Å². The fraction of sp³-hybridized carbons (Fsp3) is 0.562. The largest absolute Gasteiger partial charge is 0.353 e. The van der Waals surface area contributed by atoms with Crippen LogP contribution in [0.15, 0.2) is 18.2 Å². The van der Waals surface area contributed by atoms with E-state index in [9.17, 15) is 9.18 Å². The fourth-order valence-corrected chi connectivity index (χ4v) is 3.03. The van der Waals surface area contributed by atoms with Gasteiger partial charge in [-0.05, 0) is 50.9 Å². The molecule has 1 amide bonds. The zero-order valence-electron chi connectivity index (χ0n) is 11.9. The van der Waals surface area contributed by atoms with Crippen LogP contribution in [0.3, 0.4) is 0 Å². The number of hydrogen-bond acceptors (Lipinski definition) is 2. The van der Waals surface area contributed by atoms with Crippen molar-refractivity contribution >= 4 is 17.5 Å². The highest BCUT2D eigenvalue weighted by Crippen LogP contribution is 2.25. The summed E-state index contributed by atoms with van der Waals surface area (Å²) < 4.78 is 13.8. The third-order valence-electron chi connectivity index (χ3n) is 4.33. The molecular weight excluding hydrogens is 291 g/mol. The normalized spacial score (nSPS) is 20.5. The quantitative estimate of drug-likeness (QED) is 0.927. The summed E-state index contributed by atoms with van der Waals surface area (Å²) in [5, 5.41) is 3.54. The van der Waals surface area contributed by atoms with Crippen LogP contribution in [-0.2, 0) is 11.3 Å². The molecule has 1 N–H and O–H groups in total. The van der Waals surface area contributed by atoms with Gasteiger partial charge in [0, 0.05) is 29.1 Å². The second kappa shape index (κ2) is 6.32. The number of halogens is 2. The lowest BCUT2D eigenvalue weighted by molar-refractivity contribution is -0.126. The van der Waals surface area contributed by atoms with E-state index in [4.69, 9.17) is 11.6 Å². The highest BCUT2D eigenvalue weighted by molar-refractivity contribution is 6.31. The molecule has 2 aliphatic rings. The molecule has 0 atom stereocenters. The molecule has 0 aromatic heterocycles. The number of amides is 1. The van der Waals surface area contributed by atoms with Crippen molar-refractivity contribution in [1.29, 1.82) is 0 Å². The molecule has 1 aliphatic heterocycles. The molecule has 1 heterocycles. The first-order chi connectivity index (χ1) is 10.1. The molecule has 0 bridgehead atoms. The zero-order valence-corrected chi connectivity index (χ0v) is 12.7. The van der Waals surface area contributed by atoms with Gasteiger partial charge in [0.25, 0.3) is 0 Å². The van der Waals surface area contributed by atoms with E-state index in [0.29, 0.717) is 23.2 Å². The van der Waals surface area contributed by atoms with Gasteiger partial charge >= 0.3 is 0 Å². The lowest BCUT2D eigenvalue weighted by Gasteiger charge is -2.31. The first-order valence-corrected chi connectivity index (χ1v) is 7.97. The van der Waals surface area contributed by atoms with Crippen LogP contribution < -0.4 is 5.32 Å². The van der Waals surface area contributed by atoms with Crippen LogP contribution in [0.25, 0.3) is 0 Å². The Morgan fingerprint density at radius 2 is 2.00 bits per heavy atom. The average Bonchev–Trinajstić information content (AvgIpc) is 3.28. The number of carbonyl (C=O) groups excluding carboxylic acids is 1. The van der Waals surface area contributed by atoms with Gasteiger partial charge < -0.3 is 5.32 Å². The van der Waals surface area contributed by atoms with Gasteiger partial charge in [0.05, 0.1) is 0 Å². The van der Waals surface area contributed by atoms with Crippen molar-refractivity contribution in [3.63, 3.8) is 0 Å². The zero-order chi connectivity index (χ0) is 14.8. The summed E-state index contributed by atoms with van der Waals surface area (Å²) in [5.41, 5.74) is 0.556. The van der Waals surface area contributed by atoms with Crippen LogP contribution in [0.4, 0.5) is 4.39 Å². The number of piperidine rings is 1. The maximum atomic E-state index is 13.8. The topological polar surface area (TPSA) is 32.3 Å². The van der Waals surface area contributed by atoms with Crippen molar-refractivity contribution in [2.75, 3.05) is 13.1 Å². The number of carbonyl (C=O) groups is 1. The van der Waals surface area contributed by atoms with Gasteiger partial charge in [-0.1, -0.05) is 17.7 Å². The van der Waals surface area contributed by atoms with Gasteiger partial charge in [-0.3, -0.25) is 9.69 Å². The molecule has 0 radical (unpaired) electrons. The van der Waals surface area contributed by atoms with Crippen LogP contribution >= 0.6 is 11.6 Å². The molecule has 0 unspecified atom stereocenters. The smallest absolute Gasteiger partial charge is 0.223 e. The van der Waals surface area contributed by atoms with Crippen LogP contribution in [0, 0.1) is 11.7 Å². The molecule has 1 aromatic carbocycles. The first-order valence-electron chi connectivity index (χ1n) is 7.59. The maximum absolute atomic E-state index is 13.8. The van der Waals surface area contributed by atoms with E-state index >= 15 is 0 Å².